The molecule has 1 atom stereocenters. The van der Waals surface area contributed by atoms with Crippen LogP contribution in [0, 0.1) is 5.41 Å². The molecule has 2 aliphatic heterocycles. The van der Waals surface area contributed by atoms with Crippen LogP contribution in [0.4, 0.5) is 0 Å². The predicted molar refractivity (Wildman–Crippen MR) is 315 cm³/mol. The normalized spacial score (nSPS) is 15.7. The van der Waals surface area contributed by atoms with Crippen LogP contribution in [0.1, 0.15) is 114 Å². The Morgan fingerprint density at radius 1 is 0.602 bits per heavy atom. The van der Waals surface area contributed by atoms with Crippen LogP contribution < -0.4 is 14.2 Å². The maximum Gasteiger partial charge on any atom is 0.530 e. The van der Waals surface area contributed by atoms with E-state index < -0.39 is 71.2 Å². The highest BCUT2D eigenvalue weighted by atomic mass is 31.2. The van der Waals surface area contributed by atoms with Crippen molar-refractivity contribution in [1.29, 1.82) is 0 Å². The molecule has 83 heavy (non-hydrogen) atoms. The monoisotopic (exact) mass is 1230 g/mol. The van der Waals surface area contributed by atoms with Gasteiger partial charge in [-0.05, 0) is 113 Å². The third-order valence-electron chi connectivity index (χ3n) is 12.1. The summed E-state index contributed by atoms with van der Waals surface area (Å²) in [6.45, 7) is 31.2. The van der Waals surface area contributed by atoms with Gasteiger partial charge in [-0.3, -0.25) is 27.5 Å². The fourth-order valence-electron chi connectivity index (χ4n) is 7.39. The molecule has 0 spiro atoms. The van der Waals surface area contributed by atoms with Crippen LogP contribution in [0.5, 0.6) is 17.2 Å². The highest BCUT2D eigenvalue weighted by Crippen LogP contribution is 2.57. The van der Waals surface area contributed by atoms with Gasteiger partial charge in [0.2, 0.25) is 24.6 Å². The van der Waals surface area contributed by atoms with E-state index in [4.69, 9.17) is 54.9 Å². The molecule has 24 heteroatoms. The molecule has 2 heterocycles. The number of carbonyl (C=O) groups excluding carboxylic acids is 4. The molecule has 20 nitrogen and oxygen atoms in total. The van der Waals surface area contributed by atoms with E-state index in [0.29, 0.717) is 29.4 Å². The van der Waals surface area contributed by atoms with Crippen LogP contribution in [-0.4, -0.2) is 75.7 Å². The van der Waals surface area contributed by atoms with Crippen molar-refractivity contribution in [2.45, 2.75) is 93.4 Å². The van der Waals surface area contributed by atoms with Gasteiger partial charge in [-0.1, -0.05) is 115 Å². The fourth-order valence-corrected chi connectivity index (χ4v) is 13.6. The Kier molecular flexibility index (Phi) is 26.4. The van der Waals surface area contributed by atoms with E-state index in [1.54, 1.807) is 113 Å². The molecule has 2 fully saturated rings. The molecule has 2 saturated heterocycles. The number of phosphoric acid groups is 2. The molecule has 1 unspecified atom stereocenters. The van der Waals surface area contributed by atoms with Crippen molar-refractivity contribution in [2.24, 2.45) is 5.41 Å². The molecule has 0 aromatic heterocycles. The maximum absolute atomic E-state index is 12.5. The minimum absolute atomic E-state index is 0.0492. The first-order valence-electron chi connectivity index (χ1n) is 26.7. The third kappa shape index (κ3) is 22.1. The Hall–Kier alpha value is -6.16. The molecular weight excluding hydrogens is 1150 g/mol. The van der Waals surface area contributed by atoms with Crippen LogP contribution in [-0.2, 0) is 85.2 Å². The minimum atomic E-state index is -3.98. The van der Waals surface area contributed by atoms with Crippen molar-refractivity contribution in [3.8, 4) is 17.2 Å². The highest BCUT2D eigenvalue weighted by molar-refractivity contribution is 7.59. The summed E-state index contributed by atoms with van der Waals surface area (Å²) in [5.41, 5.74) is 3.55. The van der Waals surface area contributed by atoms with Gasteiger partial charge in [0.1, 0.15) is 29.3 Å². The summed E-state index contributed by atoms with van der Waals surface area (Å²) in [6, 6.07) is 27.6. The number of aldehydes is 1. The molecule has 4 aromatic carbocycles. The predicted octanol–water partition coefficient (Wildman–Crippen LogP) is 15.1. The largest absolute Gasteiger partial charge is 0.530 e. The van der Waals surface area contributed by atoms with Crippen molar-refractivity contribution < 1.29 is 92.4 Å². The first-order valence-corrected chi connectivity index (χ1v) is 33.4. The van der Waals surface area contributed by atoms with Gasteiger partial charge in [0.15, 0.2) is 0 Å². The van der Waals surface area contributed by atoms with E-state index in [1.807, 2.05) is 46.8 Å². The number of hydrogen-bond acceptors (Lipinski definition) is 20. The smallest absolute Gasteiger partial charge is 0.443 e. The Morgan fingerprint density at radius 3 is 1.46 bits per heavy atom. The van der Waals surface area contributed by atoms with E-state index in [9.17, 15) is 37.4 Å². The molecule has 0 aliphatic carbocycles. The molecule has 0 N–H and O–H groups in total. The van der Waals surface area contributed by atoms with Crippen LogP contribution in [0.3, 0.4) is 0 Å². The lowest BCUT2D eigenvalue weighted by atomic mass is 9.78. The van der Waals surface area contributed by atoms with Crippen molar-refractivity contribution in [3.63, 3.8) is 0 Å². The molecule has 452 valence electrons. The van der Waals surface area contributed by atoms with Crippen LogP contribution >= 0.6 is 30.6 Å². The van der Waals surface area contributed by atoms with E-state index in [0.717, 1.165) is 54.2 Å². The summed E-state index contributed by atoms with van der Waals surface area (Å²) in [4.78, 5) is 47.3. The molecule has 2 aliphatic rings. The second-order valence-corrected chi connectivity index (χ2v) is 27.9. The van der Waals surface area contributed by atoms with Gasteiger partial charge in [-0.25, -0.2) is 28.1 Å². The van der Waals surface area contributed by atoms with Crippen LogP contribution in [0.25, 0.3) is 5.76 Å². The number of rotatable bonds is 26. The van der Waals surface area contributed by atoms with Crippen molar-refractivity contribution in [2.75, 3.05) is 51.5 Å². The van der Waals surface area contributed by atoms with E-state index in [-0.39, 0.29) is 56.1 Å². The number of aryl methyl sites for hydroxylation is 1. The van der Waals surface area contributed by atoms with E-state index in [2.05, 4.69) is 26.3 Å². The number of carbonyl (C=O) groups is 4. The standard InChI is InChI=1S/C29H38O11P2.C16H21O6P.C14H17O3P/c1-9-34-41(32,12-4)39-21(5)27(30)37-25-17-13-23(14-18-25)29(7,8)24-15-19-26(20-16-24)38-28(31)22(6)40-42(33,35-10-2)36-11-3;1-5-13-6-8-14(9-7-13)21-15(17)12(2)22-23(18)19-10-16(3,4)11-20-23;1-12(14-7-5-13(11-15)6-8-14)17-18(16)9-3-2-4-10-18/h13-20H,5-6,9-12H2,1-4,7-8H3;6-9H,2,5,10-11H2,1,3-4H3;5-8,11H,1-4,9-10H2. The van der Waals surface area contributed by atoms with Gasteiger partial charge >= 0.3 is 41.1 Å². The zero-order valence-corrected chi connectivity index (χ0v) is 52.2. The zero-order chi connectivity index (χ0) is 61.7. The van der Waals surface area contributed by atoms with Gasteiger partial charge in [0.05, 0.1) is 39.2 Å². The minimum Gasteiger partial charge on any atom is -0.443 e. The first kappa shape index (κ1) is 69.3. The van der Waals surface area contributed by atoms with Crippen molar-refractivity contribution >= 4 is 60.6 Å². The average molecular weight is 1230 g/mol. The topological polar surface area (TPSA) is 247 Å². The number of phosphoric ester groups is 2. The van der Waals surface area contributed by atoms with Gasteiger partial charge < -0.3 is 36.8 Å². The number of esters is 3. The molecular formula is C59H76O20P4. The summed E-state index contributed by atoms with van der Waals surface area (Å²) >= 11 is 0. The van der Waals surface area contributed by atoms with E-state index in [1.165, 1.54) is 0 Å². The number of hydrogen-bond donors (Lipinski definition) is 0. The molecule has 0 saturated carbocycles. The lowest BCUT2D eigenvalue weighted by molar-refractivity contribution is -0.133. The second kappa shape index (κ2) is 31.7. The second-order valence-electron chi connectivity index (χ2n) is 19.7. The Morgan fingerprint density at radius 2 is 1.04 bits per heavy atom. The number of benzene rings is 4. The van der Waals surface area contributed by atoms with Gasteiger partial charge in [-0.2, -0.15) is 0 Å². The molecule has 0 bridgehead atoms. The van der Waals surface area contributed by atoms with Crippen molar-refractivity contribution in [1.82, 2.24) is 0 Å². The lowest BCUT2D eigenvalue weighted by Gasteiger charge is -2.32. The molecule has 4 aromatic rings. The molecule has 0 amide bonds. The third-order valence-corrected chi connectivity index (χ3v) is 19.5. The lowest BCUT2D eigenvalue weighted by Crippen LogP contribution is -2.30. The summed E-state index contributed by atoms with van der Waals surface area (Å²) in [7, 11) is -13.8. The van der Waals surface area contributed by atoms with Crippen molar-refractivity contribution in [3.05, 3.63) is 168 Å². The fraction of sp³-hybridized carbons (Fsp3) is 0.390. The zero-order valence-electron chi connectivity index (χ0n) is 48.6. The molecule has 0 radical (unpaired) electrons. The maximum atomic E-state index is 12.5. The van der Waals surface area contributed by atoms with E-state index >= 15 is 0 Å². The number of ether oxygens (including phenoxy) is 3. The van der Waals surface area contributed by atoms with Crippen LogP contribution in [0.15, 0.2) is 141 Å². The molecule has 6 rings (SSSR count). The summed E-state index contributed by atoms with van der Waals surface area (Å²) < 4.78 is 111. The first-order chi connectivity index (χ1) is 39.1. The van der Waals surface area contributed by atoms with Crippen LogP contribution in [0.2, 0.25) is 0 Å². The summed E-state index contributed by atoms with van der Waals surface area (Å²) in [5, 5.41) is 0. The Labute approximate surface area is 487 Å². The van der Waals surface area contributed by atoms with Gasteiger partial charge in [-0.15, -0.1) is 0 Å². The SMILES string of the molecule is C=C(OP(=O)(CC)OCC)C(=O)Oc1ccc(C(C)(C)c2ccc(OC(=O)C(=C)OP(=O)(OCC)OCC)cc2)cc1.C=C(OP1(=O)CCCCC1)c1ccc(C=O)cc1.C=C(OP1(=O)OCC(C)(C)CO1)C(=O)Oc1ccc(CC)cc1. The Bertz CT molecular complexity index is 3060. The summed E-state index contributed by atoms with van der Waals surface area (Å²) in [5.74, 6) is -2.78. The summed E-state index contributed by atoms with van der Waals surface area (Å²) in [6.07, 6.45) is 6.12. The van der Waals surface area contributed by atoms with Gasteiger partial charge in [0.25, 0.3) is 0 Å². The quantitative estimate of drug-likeness (QED) is 0.0141. The average Bonchev–Trinajstić information content (AvgIpc) is 3.55. The highest BCUT2D eigenvalue weighted by Gasteiger charge is 2.41. The Balaban J connectivity index is 0.000000299. The van der Waals surface area contributed by atoms with Gasteiger partial charge in [0, 0.05) is 34.3 Å².